The molecule has 0 fully saturated rings. The van der Waals surface area contributed by atoms with Crippen LogP contribution in [0.1, 0.15) is 24.2 Å². The SMILES string of the molecule is CCOc1ccc(C(N)c2ccc(Br)cn2)cc1. The molecule has 4 heteroatoms. The van der Waals surface area contributed by atoms with Gasteiger partial charge in [-0.05, 0) is 52.7 Å². The van der Waals surface area contributed by atoms with Gasteiger partial charge in [-0.15, -0.1) is 0 Å². The number of aromatic nitrogens is 1. The Hall–Kier alpha value is -1.39. The molecule has 1 unspecified atom stereocenters. The largest absolute Gasteiger partial charge is 0.494 e. The summed E-state index contributed by atoms with van der Waals surface area (Å²) in [6.45, 7) is 2.63. The number of halogens is 1. The topological polar surface area (TPSA) is 48.1 Å². The first-order valence-electron chi connectivity index (χ1n) is 5.80. The number of hydrogen-bond acceptors (Lipinski definition) is 3. The van der Waals surface area contributed by atoms with Crippen molar-refractivity contribution >= 4 is 15.9 Å². The number of benzene rings is 1. The maximum Gasteiger partial charge on any atom is 0.119 e. The Morgan fingerprint density at radius 3 is 2.50 bits per heavy atom. The van der Waals surface area contributed by atoms with E-state index in [9.17, 15) is 0 Å². The van der Waals surface area contributed by atoms with Gasteiger partial charge in [0.25, 0.3) is 0 Å². The zero-order chi connectivity index (χ0) is 13.0. The molecule has 0 aliphatic rings. The first-order valence-corrected chi connectivity index (χ1v) is 6.60. The van der Waals surface area contributed by atoms with Crippen LogP contribution in [0.25, 0.3) is 0 Å². The fourth-order valence-corrected chi connectivity index (χ4v) is 1.91. The van der Waals surface area contributed by atoms with Crippen LogP contribution in [0.2, 0.25) is 0 Å². The van der Waals surface area contributed by atoms with E-state index >= 15 is 0 Å². The molecule has 3 nitrogen and oxygen atoms in total. The van der Waals surface area contributed by atoms with Crippen LogP contribution in [0, 0.1) is 0 Å². The van der Waals surface area contributed by atoms with E-state index in [1.165, 1.54) is 0 Å². The van der Waals surface area contributed by atoms with Gasteiger partial charge in [-0.3, -0.25) is 4.98 Å². The molecule has 0 bridgehead atoms. The average Bonchev–Trinajstić information content (AvgIpc) is 2.40. The first-order chi connectivity index (χ1) is 8.70. The molecule has 1 aromatic heterocycles. The van der Waals surface area contributed by atoms with Gasteiger partial charge in [0.05, 0.1) is 18.3 Å². The lowest BCUT2D eigenvalue weighted by molar-refractivity contribution is 0.340. The summed E-state index contributed by atoms with van der Waals surface area (Å²) in [5.41, 5.74) is 8.04. The summed E-state index contributed by atoms with van der Waals surface area (Å²) in [6, 6.07) is 11.4. The second-order valence-corrected chi connectivity index (χ2v) is 4.80. The summed E-state index contributed by atoms with van der Waals surface area (Å²) in [7, 11) is 0. The maximum absolute atomic E-state index is 6.17. The molecule has 0 saturated heterocycles. The van der Waals surface area contributed by atoms with E-state index in [0.717, 1.165) is 21.5 Å². The van der Waals surface area contributed by atoms with Crippen LogP contribution < -0.4 is 10.5 Å². The van der Waals surface area contributed by atoms with Crippen LogP contribution in [0.15, 0.2) is 47.1 Å². The zero-order valence-corrected chi connectivity index (χ0v) is 11.7. The first kappa shape index (κ1) is 13.1. The minimum Gasteiger partial charge on any atom is -0.494 e. The van der Waals surface area contributed by atoms with Crippen molar-refractivity contribution in [3.63, 3.8) is 0 Å². The Labute approximate surface area is 115 Å². The van der Waals surface area contributed by atoms with E-state index in [-0.39, 0.29) is 6.04 Å². The lowest BCUT2D eigenvalue weighted by atomic mass is 10.0. The summed E-state index contributed by atoms with van der Waals surface area (Å²) >= 11 is 3.36. The van der Waals surface area contributed by atoms with Crippen LogP contribution in [-0.4, -0.2) is 11.6 Å². The molecule has 0 spiro atoms. The number of ether oxygens (including phenoxy) is 1. The summed E-state index contributed by atoms with van der Waals surface area (Å²) < 4.78 is 6.35. The van der Waals surface area contributed by atoms with E-state index in [1.54, 1.807) is 6.20 Å². The van der Waals surface area contributed by atoms with Gasteiger partial charge in [0.2, 0.25) is 0 Å². The molecule has 0 amide bonds. The van der Waals surface area contributed by atoms with E-state index in [4.69, 9.17) is 10.5 Å². The smallest absolute Gasteiger partial charge is 0.119 e. The predicted octanol–water partition coefficient (Wildman–Crippen LogP) is 3.29. The Kier molecular flexibility index (Phi) is 4.33. The van der Waals surface area contributed by atoms with Gasteiger partial charge in [0, 0.05) is 10.7 Å². The Bertz CT molecular complexity index is 496. The second-order valence-electron chi connectivity index (χ2n) is 3.88. The van der Waals surface area contributed by atoms with Gasteiger partial charge in [-0.25, -0.2) is 0 Å². The highest BCUT2D eigenvalue weighted by Crippen LogP contribution is 2.21. The number of pyridine rings is 1. The van der Waals surface area contributed by atoms with E-state index < -0.39 is 0 Å². The molecule has 1 aromatic carbocycles. The molecule has 2 N–H and O–H groups in total. The van der Waals surface area contributed by atoms with Crippen LogP contribution in [0.3, 0.4) is 0 Å². The van der Waals surface area contributed by atoms with Crippen molar-refractivity contribution in [3.05, 3.63) is 58.3 Å². The Morgan fingerprint density at radius 2 is 1.94 bits per heavy atom. The molecule has 0 aliphatic carbocycles. The zero-order valence-electron chi connectivity index (χ0n) is 10.1. The fraction of sp³-hybridized carbons (Fsp3) is 0.214. The van der Waals surface area contributed by atoms with E-state index in [2.05, 4.69) is 20.9 Å². The number of rotatable bonds is 4. The van der Waals surface area contributed by atoms with Crippen LogP contribution in [-0.2, 0) is 0 Å². The second kappa shape index (κ2) is 5.98. The highest BCUT2D eigenvalue weighted by Gasteiger charge is 2.10. The monoisotopic (exact) mass is 306 g/mol. The highest BCUT2D eigenvalue weighted by molar-refractivity contribution is 9.10. The normalized spacial score (nSPS) is 12.2. The minimum absolute atomic E-state index is 0.214. The molecule has 0 aliphatic heterocycles. The van der Waals surface area contributed by atoms with Gasteiger partial charge in [0.15, 0.2) is 0 Å². The molecule has 1 heterocycles. The van der Waals surface area contributed by atoms with Crippen molar-refractivity contribution in [2.24, 2.45) is 5.73 Å². The molecule has 2 rings (SSSR count). The van der Waals surface area contributed by atoms with E-state index in [1.807, 2.05) is 43.3 Å². The number of nitrogens with zero attached hydrogens (tertiary/aromatic N) is 1. The fourth-order valence-electron chi connectivity index (χ4n) is 1.68. The summed E-state index contributed by atoms with van der Waals surface area (Å²) in [6.07, 6.45) is 1.75. The Balaban J connectivity index is 2.17. The molecule has 94 valence electrons. The van der Waals surface area contributed by atoms with Gasteiger partial charge in [-0.1, -0.05) is 12.1 Å². The number of nitrogens with two attached hydrogens (primary N) is 1. The highest BCUT2D eigenvalue weighted by atomic mass is 79.9. The third-order valence-electron chi connectivity index (χ3n) is 2.62. The van der Waals surface area contributed by atoms with Gasteiger partial charge < -0.3 is 10.5 Å². The molecule has 0 radical (unpaired) electrons. The molecule has 1 atom stereocenters. The van der Waals surface area contributed by atoms with Crippen molar-refractivity contribution in [3.8, 4) is 5.75 Å². The summed E-state index contributed by atoms with van der Waals surface area (Å²) in [5, 5.41) is 0. The van der Waals surface area contributed by atoms with Crippen LogP contribution in [0.5, 0.6) is 5.75 Å². The quantitative estimate of drug-likeness (QED) is 0.943. The van der Waals surface area contributed by atoms with E-state index in [0.29, 0.717) is 6.61 Å². The molecular formula is C14H15BrN2O. The Morgan fingerprint density at radius 1 is 1.22 bits per heavy atom. The summed E-state index contributed by atoms with van der Waals surface area (Å²) in [4.78, 5) is 4.31. The van der Waals surface area contributed by atoms with Crippen LogP contribution in [0.4, 0.5) is 0 Å². The standard InChI is InChI=1S/C14H15BrN2O/c1-2-18-12-6-3-10(4-7-12)14(16)13-8-5-11(15)9-17-13/h3-9,14H,2,16H2,1H3. The third-order valence-corrected chi connectivity index (χ3v) is 3.09. The predicted molar refractivity (Wildman–Crippen MR) is 75.6 cm³/mol. The van der Waals surface area contributed by atoms with Crippen LogP contribution >= 0.6 is 15.9 Å². The lowest BCUT2D eigenvalue weighted by Gasteiger charge is -2.12. The van der Waals surface area contributed by atoms with Gasteiger partial charge in [0.1, 0.15) is 5.75 Å². The molecule has 2 aromatic rings. The van der Waals surface area contributed by atoms with Crippen molar-refractivity contribution in [1.29, 1.82) is 0 Å². The number of hydrogen-bond donors (Lipinski definition) is 1. The average molecular weight is 307 g/mol. The molecule has 18 heavy (non-hydrogen) atoms. The minimum atomic E-state index is -0.214. The van der Waals surface area contributed by atoms with Gasteiger partial charge >= 0.3 is 0 Å². The lowest BCUT2D eigenvalue weighted by Crippen LogP contribution is -2.13. The van der Waals surface area contributed by atoms with Crippen molar-refractivity contribution in [2.75, 3.05) is 6.61 Å². The van der Waals surface area contributed by atoms with Crippen molar-refractivity contribution in [1.82, 2.24) is 4.98 Å². The molecule has 0 saturated carbocycles. The maximum atomic E-state index is 6.17. The van der Waals surface area contributed by atoms with Crippen molar-refractivity contribution in [2.45, 2.75) is 13.0 Å². The van der Waals surface area contributed by atoms with Crippen molar-refractivity contribution < 1.29 is 4.74 Å². The third kappa shape index (κ3) is 3.09. The summed E-state index contributed by atoms with van der Waals surface area (Å²) in [5.74, 6) is 0.859. The molecular weight excluding hydrogens is 292 g/mol. The van der Waals surface area contributed by atoms with Gasteiger partial charge in [-0.2, -0.15) is 0 Å².